The Morgan fingerprint density at radius 1 is 1.06 bits per heavy atom. The second kappa shape index (κ2) is 8.82. The molecule has 0 saturated carbocycles. The fourth-order valence-electron chi connectivity index (χ4n) is 4.02. The van der Waals surface area contributed by atoms with Crippen LogP contribution in [-0.2, 0) is 24.4 Å². The Balaban J connectivity index is 1.55. The Hall–Kier alpha value is -3.68. The second-order valence-corrected chi connectivity index (χ2v) is 8.05. The van der Waals surface area contributed by atoms with Gasteiger partial charge < -0.3 is 9.80 Å². The number of rotatable bonds is 6. The molecular formula is C24H27N5O3. The van der Waals surface area contributed by atoms with E-state index in [0.717, 1.165) is 27.1 Å². The molecule has 0 bridgehead atoms. The lowest BCUT2D eigenvalue weighted by atomic mass is 10.1. The lowest BCUT2D eigenvalue weighted by Crippen LogP contribution is -2.43. The van der Waals surface area contributed by atoms with E-state index in [1.165, 1.54) is 4.57 Å². The van der Waals surface area contributed by atoms with E-state index in [1.807, 2.05) is 69.3 Å². The van der Waals surface area contributed by atoms with E-state index < -0.39 is 5.69 Å². The van der Waals surface area contributed by atoms with Gasteiger partial charge >= 0.3 is 5.69 Å². The Morgan fingerprint density at radius 2 is 1.84 bits per heavy atom. The predicted molar refractivity (Wildman–Crippen MR) is 122 cm³/mol. The highest BCUT2D eigenvalue weighted by atomic mass is 16.2. The van der Waals surface area contributed by atoms with Crippen LogP contribution in [0.4, 0.5) is 5.69 Å². The van der Waals surface area contributed by atoms with Crippen molar-refractivity contribution in [2.75, 3.05) is 18.0 Å². The van der Waals surface area contributed by atoms with Crippen molar-refractivity contribution in [3.05, 3.63) is 81.5 Å². The Bertz CT molecular complexity index is 1230. The molecule has 2 aromatic carbocycles. The summed E-state index contributed by atoms with van der Waals surface area (Å²) in [6.07, 6.45) is 0. The van der Waals surface area contributed by atoms with E-state index in [4.69, 9.17) is 0 Å². The number of hydrogen-bond donors (Lipinski definition) is 0. The maximum Gasteiger partial charge on any atom is 0.346 e. The molecule has 0 radical (unpaired) electrons. The minimum Gasteiger partial charge on any atom is -0.330 e. The minimum absolute atomic E-state index is 0.0845. The summed E-state index contributed by atoms with van der Waals surface area (Å²) >= 11 is 0. The maximum absolute atomic E-state index is 13.0. The molecular weight excluding hydrogens is 406 g/mol. The molecule has 3 aromatic rings. The first kappa shape index (κ1) is 21.5. The van der Waals surface area contributed by atoms with Crippen LogP contribution in [-0.4, -0.2) is 44.2 Å². The lowest BCUT2D eigenvalue weighted by Gasteiger charge is -2.27. The molecule has 2 heterocycles. The zero-order valence-electron chi connectivity index (χ0n) is 18.6. The van der Waals surface area contributed by atoms with Crippen molar-refractivity contribution >= 4 is 17.5 Å². The molecule has 1 aliphatic heterocycles. The van der Waals surface area contributed by atoms with Gasteiger partial charge in [0.15, 0.2) is 0 Å². The summed E-state index contributed by atoms with van der Waals surface area (Å²) in [4.78, 5) is 42.1. The fraction of sp³-hybridized carbons (Fsp3) is 0.333. The zero-order valence-corrected chi connectivity index (χ0v) is 18.6. The van der Waals surface area contributed by atoms with E-state index >= 15 is 0 Å². The van der Waals surface area contributed by atoms with Crippen molar-refractivity contribution in [1.82, 2.24) is 19.2 Å². The number of carbonyl (C=O) groups is 2. The molecule has 1 aliphatic rings. The van der Waals surface area contributed by atoms with Gasteiger partial charge in [-0.25, -0.2) is 9.48 Å². The molecule has 32 heavy (non-hydrogen) atoms. The van der Waals surface area contributed by atoms with E-state index in [0.29, 0.717) is 26.2 Å². The van der Waals surface area contributed by atoms with Gasteiger partial charge in [-0.05, 0) is 49.6 Å². The van der Waals surface area contributed by atoms with Gasteiger partial charge in [0.25, 0.3) is 5.91 Å². The number of likely N-dealkylation sites (N-methyl/N-ethyl adjacent to an activating group) is 1. The van der Waals surface area contributed by atoms with Crippen molar-refractivity contribution < 1.29 is 9.59 Å². The highest BCUT2D eigenvalue weighted by Gasteiger charge is 2.30. The van der Waals surface area contributed by atoms with Gasteiger partial charge in [-0.15, -0.1) is 5.10 Å². The average Bonchev–Trinajstić information content (AvgIpc) is 3.08. The number of carbonyl (C=O) groups excluding carboxylic acids is 2. The van der Waals surface area contributed by atoms with Crippen LogP contribution in [0.3, 0.4) is 0 Å². The molecule has 0 unspecified atom stereocenters. The van der Waals surface area contributed by atoms with E-state index in [-0.39, 0.29) is 24.2 Å². The van der Waals surface area contributed by atoms with Crippen molar-refractivity contribution in [2.45, 2.75) is 40.4 Å². The first-order valence-corrected chi connectivity index (χ1v) is 10.8. The number of hydrogen-bond acceptors (Lipinski definition) is 4. The van der Waals surface area contributed by atoms with Crippen LogP contribution in [0.5, 0.6) is 0 Å². The SMILES string of the molecule is CCN(C(=O)Cn1nc2n(c1=O)CCN(Cc1ccccc1C)C2=O)c1cccc(C)c1. The normalized spacial score (nSPS) is 13.2. The van der Waals surface area contributed by atoms with Gasteiger partial charge in [-0.3, -0.25) is 14.2 Å². The monoisotopic (exact) mass is 433 g/mol. The van der Waals surface area contributed by atoms with Gasteiger partial charge in [-0.1, -0.05) is 36.4 Å². The number of aromatic nitrogens is 3. The molecule has 0 spiro atoms. The average molecular weight is 434 g/mol. The summed E-state index contributed by atoms with van der Waals surface area (Å²) in [6, 6.07) is 15.6. The van der Waals surface area contributed by atoms with Crippen molar-refractivity contribution in [1.29, 1.82) is 0 Å². The van der Waals surface area contributed by atoms with Crippen LogP contribution in [0, 0.1) is 13.8 Å². The largest absolute Gasteiger partial charge is 0.346 e. The molecule has 0 fully saturated rings. The molecule has 166 valence electrons. The van der Waals surface area contributed by atoms with Gasteiger partial charge in [0.2, 0.25) is 11.7 Å². The maximum atomic E-state index is 13.0. The van der Waals surface area contributed by atoms with Crippen LogP contribution in [0.25, 0.3) is 0 Å². The van der Waals surface area contributed by atoms with Gasteiger partial charge in [-0.2, -0.15) is 0 Å². The third-order valence-corrected chi connectivity index (χ3v) is 5.83. The summed E-state index contributed by atoms with van der Waals surface area (Å²) in [5.41, 5.74) is 3.55. The summed E-state index contributed by atoms with van der Waals surface area (Å²) in [5.74, 6) is -0.463. The number of nitrogens with zero attached hydrogens (tertiary/aromatic N) is 5. The number of anilines is 1. The molecule has 2 amide bonds. The Kier molecular flexibility index (Phi) is 5.94. The molecule has 0 N–H and O–H groups in total. The van der Waals surface area contributed by atoms with Crippen LogP contribution in [0.1, 0.15) is 34.2 Å². The Labute approximate surface area is 186 Å². The minimum atomic E-state index is -0.433. The quantitative estimate of drug-likeness (QED) is 0.598. The molecule has 8 heteroatoms. The van der Waals surface area contributed by atoms with E-state index in [1.54, 1.807) is 9.80 Å². The third kappa shape index (κ3) is 4.08. The first-order chi connectivity index (χ1) is 15.4. The highest BCUT2D eigenvalue weighted by Crippen LogP contribution is 2.17. The summed E-state index contributed by atoms with van der Waals surface area (Å²) in [6.45, 7) is 7.34. The molecule has 8 nitrogen and oxygen atoms in total. The number of fused-ring (bicyclic) bond motifs is 1. The van der Waals surface area contributed by atoms with Gasteiger partial charge in [0.1, 0.15) is 6.54 Å². The number of amides is 2. The second-order valence-electron chi connectivity index (χ2n) is 8.05. The summed E-state index contributed by atoms with van der Waals surface area (Å²) in [5, 5.41) is 4.24. The topological polar surface area (TPSA) is 80.4 Å². The van der Waals surface area contributed by atoms with Crippen molar-refractivity contribution in [2.24, 2.45) is 0 Å². The van der Waals surface area contributed by atoms with Gasteiger partial charge in [0.05, 0.1) is 0 Å². The molecule has 1 aromatic heterocycles. The number of aryl methyl sites for hydroxylation is 2. The number of benzene rings is 2. The molecule has 0 saturated heterocycles. The Morgan fingerprint density at radius 3 is 2.56 bits per heavy atom. The van der Waals surface area contributed by atoms with Gasteiger partial charge in [0, 0.05) is 31.9 Å². The van der Waals surface area contributed by atoms with Crippen molar-refractivity contribution in [3.63, 3.8) is 0 Å². The van der Waals surface area contributed by atoms with E-state index in [9.17, 15) is 14.4 Å². The smallest absolute Gasteiger partial charge is 0.330 e. The zero-order chi connectivity index (χ0) is 22.8. The molecule has 0 atom stereocenters. The first-order valence-electron chi connectivity index (χ1n) is 10.8. The third-order valence-electron chi connectivity index (χ3n) is 5.83. The molecule has 4 rings (SSSR count). The van der Waals surface area contributed by atoms with Crippen LogP contribution in [0.15, 0.2) is 53.3 Å². The van der Waals surface area contributed by atoms with E-state index in [2.05, 4.69) is 5.10 Å². The summed E-state index contributed by atoms with van der Waals surface area (Å²) < 4.78 is 2.47. The highest BCUT2D eigenvalue weighted by molar-refractivity contribution is 5.93. The fourth-order valence-corrected chi connectivity index (χ4v) is 4.02. The molecule has 0 aliphatic carbocycles. The van der Waals surface area contributed by atoms with Crippen molar-refractivity contribution in [3.8, 4) is 0 Å². The van der Waals surface area contributed by atoms with Crippen LogP contribution >= 0.6 is 0 Å². The lowest BCUT2D eigenvalue weighted by molar-refractivity contribution is -0.119. The van der Waals surface area contributed by atoms with Crippen LogP contribution in [0.2, 0.25) is 0 Å². The predicted octanol–water partition coefficient (Wildman–Crippen LogP) is 2.37. The van der Waals surface area contributed by atoms with Crippen LogP contribution < -0.4 is 10.6 Å². The summed E-state index contributed by atoms with van der Waals surface area (Å²) in [7, 11) is 0. The standard InChI is InChI=1S/C24H27N5O3/c1-4-27(20-11-7-8-17(2)14-20)21(30)16-29-24(32)28-13-12-26(23(31)22(28)25-29)15-19-10-6-5-9-18(19)3/h5-11,14H,4,12-13,15-16H2,1-3H3.